The van der Waals surface area contributed by atoms with Gasteiger partial charge in [0, 0.05) is 6.07 Å². The van der Waals surface area contributed by atoms with Crippen molar-refractivity contribution >= 4 is 8.96 Å². The molecule has 0 spiro atoms. The highest BCUT2D eigenvalue weighted by Gasteiger charge is 1.92. The van der Waals surface area contributed by atoms with E-state index in [0.29, 0.717) is 0 Å². The van der Waals surface area contributed by atoms with E-state index in [1.165, 1.54) is 24.4 Å². The summed E-state index contributed by atoms with van der Waals surface area (Å²) in [5.74, 6) is 0. The zero-order valence-corrected chi connectivity index (χ0v) is 9.35. The first-order chi connectivity index (χ1) is 6.20. The van der Waals surface area contributed by atoms with E-state index in [-0.39, 0.29) is 5.63 Å². The van der Waals surface area contributed by atoms with E-state index in [1.54, 1.807) is 12.1 Å². The van der Waals surface area contributed by atoms with Crippen molar-refractivity contribution < 1.29 is 4.42 Å². The molecular formula is C9H17NO2Si. The van der Waals surface area contributed by atoms with Gasteiger partial charge in [-0.2, -0.15) is 0 Å². The van der Waals surface area contributed by atoms with Crippen LogP contribution in [-0.2, 0) is 0 Å². The maximum absolute atomic E-state index is 10.1. The van der Waals surface area contributed by atoms with Crippen LogP contribution in [0.15, 0.2) is 33.7 Å². The highest BCUT2D eigenvalue weighted by Crippen LogP contribution is 1.86. The zero-order chi connectivity index (χ0) is 10.1. The number of rotatable bonds is 2. The average molecular weight is 199 g/mol. The average Bonchev–Trinajstić information content (AvgIpc) is 2.19. The largest absolute Gasteiger partial charge is 0.431 e. The summed E-state index contributed by atoms with van der Waals surface area (Å²) >= 11 is 0. The van der Waals surface area contributed by atoms with E-state index in [0.717, 1.165) is 0 Å². The molecule has 1 aromatic heterocycles. The molecule has 3 nitrogen and oxygen atoms in total. The van der Waals surface area contributed by atoms with Crippen molar-refractivity contribution in [2.45, 2.75) is 25.9 Å². The molecule has 0 saturated carbocycles. The van der Waals surface area contributed by atoms with Gasteiger partial charge in [0.1, 0.15) is 8.96 Å². The maximum Gasteiger partial charge on any atom is 0.335 e. The van der Waals surface area contributed by atoms with Crippen molar-refractivity contribution in [1.82, 2.24) is 0 Å². The lowest BCUT2D eigenvalue weighted by molar-refractivity contribution is 0.511. The van der Waals surface area contributed by atoms with Gasteiger partial charge in [-0.15, -0.1) is 0 Å². The highest BCUT2D eigenvalue weighted by molar-refractivity contribution is 6.54. The molecule has 0 aliphatic rings. The summed E-state index contributed by atoms with van der Waals surface area (Å²) in [7, 11) is -0.660. The SMILES string of the molecule is CC[SiH](N)CC.O=c1cccco1. The van der Waals surface area contributed by atoms with Crippen molar-refractivity contribution in [3.8, 4) is 0 Å². The van der Waals surface area contributed by atoms with Gasteiger partial charge >= 0.3 is 5.63 Å². The third-order valence-corrected chi connectivity index (χ3v) is 3.75. The topological polar surface area (TPSA) is 56.2 Å². The fourth-order valence-electron chi connectivity index (χ4n) is 0.614. The van der Waals surface area contributed by atoms with Gasteiger partial charge in [-0.3, -0.25) is 0 Å². The number of nitrogens with two attached hydrogens (primary N) is 1. The van der Waals surface area contributed by atoms with E-state index >= 15 is 0 Å². The second-order valence-electron chi connectivity index (χ2n) is 2.70. The molecule has 0 bridgehead atoms. The van der Waals surface area contributed by atoms with Crippen molar-refractivity contribution in [2.24, 2.45) is 5.40 Å². The van der Waals surface area contributed by atoms with Gasteiger partial charge in [0.15, 0.2) is 0 Å². The molecule has 0 atom stereocenters. The van der Waals surface area contributed by atoms with E-state index in [4.69, 9.17) is 5.40 Å². The van der Waals surface area contributed by atoms with Crippen LogP contribution in [0.4, 0.5) is 0 Å². The maximum atomic E-state index is 10.1. The lowest BCUT2D eigenvalue weighted by Gasteiger charge is -1.96. The molecule has 0 aliphatic heterocycles. The van der Waals surface area contributed by atoms with E-state index in [9.17, 15) is 4.79 Å². The van der Waals surface area contributed by atoms with Crippen molar-refractivity contribution in [2.75, 3.05) is 0 Å². The molecule has 0 aromatic carbocycles. The van der Waals surface area contributed by atoms with Crippen LogP contribution in [0.25, 0.3) is 0 Å². The van der Waals surface area contributed by atoms with Crippen molar-refractivity contribution in [1.29, 1.82) is 0 Å². The first-order valence-electron chi connectivity index (χ1n) is 4.50. The molecule has 4 heteroatoms. The summed E-state index contributed by atoms with van der Waals surface area (Å²) in [6.45, 7) is 4.33. The Bertz CT molecular complexity index is 240. The molecule has 0 aliphatic carbocycles. The van der Waals surface area contributed by atoms with Crippen LogP contribution in [-0.4, -0.2) is 8.96 Å². The Balaban J connectivity index is 0.000000226. The Labute approximate surface area is 80.3 Å². The second-order valence-corrected chi connectivity index (χ2v) is 5.85. The van der Waals surface area contributed by atoms with Crippen LogP contribution >= 0.6 is 0 Å². The van der Waals surface area contributed by atoms with Crippen LogP contribution in [0.1, 0.15) is 13.8 Å². The van der Waals surface area contributed by atoms with Gasteiger partial charge in [0.05, 0.1) is 6.26 Å². The molecule has 13 heavy (non-hydrogen) atoms. The van der Waals surface area contributed by atoms with E-state index in [1.807, 2.05) is 0 Å². The molecule has 2 N–H and O–H groups in total. The quantitative estimate of drug-likeness (QED) is 0.731. The first-order valence-corrected chi connectivity index (χ1v) is 6.80. The van der Waals surface area contributed by atoms with Crippen LogP contribution in [0, 0.1) is 0 Å². The molecule has 1 rings (SSSR count). The van der Waals surface area contributed by atoms with Crippen molar-refractivity contribution in [3.05, 3.63) is 34.9 Å². The number of hydrogen-bond acceptors (Lipinski definition) is 3. The lowest BCUT2D eigenvalue weighted by atomic mass is 10.5. The normalized spacial score (nSPS) is 9.23. The molecule has 0 amide bonds. The molecule has 0 unspecified atom stereocenters. The van der Waals surface area contributed by atoms with Crippen LogP contribution < -0.4 is 11.0 Å². The van der Waals surface area contributed by atoms with Gasteiger partial charge < -0.3 is 9.82 Å². The number of hydrogen-bond donors (Lipinski definition) is 1. The van der Waals surface area contributed by atoms with Gasteiger partial charge in [0.25, 0.3) is 0 Å². The minimum Gasteiger partial charge on any atom is -0.431 e. The molecule has 0 saturated heterocycles. The summed E-state index contributed by atoms with van der Waals surface area (Å²) in [5.41, 5.74) is -0.303. The molecule has 74 valence electrons. The van der Waals surface area contributed by atoms with Crippen LogP contribution in [0.2, 0.25) is 12.1 Å². The lowest BCUT2D eigenvalue weighted by Crippen LogP contribution is -2.21. The van der Waals surface area contributed by atoms with Gasteiger partial charge in [-0.1, -0.05) is 32.0 Å². The zero-order valence-electron chi connectivity index (χ0n) is 8.19. The second kappa shape index (κ2) is 7.76. The minimum atomic E-state index is -0.660. The van der Waals surface area contributed by atoms with Gasteiger partial charge in [-0.25, -0.2) is 4.79 Å². The summed E-state index contributed by atoms with van der Waals surface area (Å²) < 4.78 is 4.37. The van der Waals surface area contributed by atoms with Gasteiger partial charge in [-0.05, 0) is 6.07 Å². The Morgan fingerprint density at radius 2 is 2.00 bits per heavy atom. The molecule has 1 aromatic rings. The predicted octanol–water partition coefficient (Wildman–Crippen LogP) is 1.35. The Kier molecular flexibility index (Phi) is 7.24. The fraction of sp³-hybridized carbons (Fsp3) is 0.444. The third kappa shape index (κ3) is 7.49. The van der Waals surface area contributed by atoms with Gasteiger partial charge in [0.2, 0.25) is 0 Å². The molecule has 0 radical (unpaired) electrons. The predicted molar refractivity (Wildman–Crippen MR) is 57.3 cm³/mol. The molecular weight excluding hydrogens is 182 g/mol. The smallest absolute Gasteiger partial charge is 0.335 e. The summed E-state index contributed by atoms with van der Waals surface area (Å²) in [6.07, 6.45) is 1.35. The van der Waals surface area contributed by atoms with Crippen molar-refractivity contribution in [3.63, 3.8) is 0 Å². The highest BCUT2D eigenvalue weighted by atomic mass is 28.3. The first kappa shape index (κ1) is 12.1. The summed E-state index contributed by atoms with van der Waals surface area (Å²) in [5, 5.41) is 5.61. The monoisotopic (exact) mass is 199 g/mol. The summed E-state index contributed by atoms with van der Waals surface area (Å²) in [4.78, 5) is 10.1. The summed E-state index contributed by atoms with van der Waals surface area (Å²) in [6, 6.07) is 7.14. The van der Waals surface area contributed by atoms with Crippen LogP contribution in [0.5, 0.6) is 0 Å². The molecule has 0 fully saturated rings. The third-order valence-electron chi connectivity index (χ3n) is 1.65. The van der Waals surface area contributed by atoms with E-state index < -0.39 is 8.96 Å². The Hall–Kier alpha value is -0.873. The standard InChI is InChI=1S/C5H4O2.C4H13NSi/c6-5-3-1-2-4-7-5;1-3-6(5)4-2/h1-4H;6H,3-5H2,1-2H3. The minimum absolute atomic E-state index is 0.303. The molecule has 1 heterocycles. The fourth-order valence-corrected chi connectivity index (χ4v) is 1.19. The Morgan fingerprint density at radius 3 is 2.15 bits per heavy atom. The van der Waals surface area contributed by atoms with E-state index in [2.05, 4.69) is 18.3 Å². The Morgan fingerprint density at radius 1 is 1.38 bits per heavy atom. The van der Waals surface area contributed by atoms with Crippen LogP contribution in [0.3, 0.4) is 0 Å².